The van der Waals surface area contributed by atoms with Gasteiger partial charge < -0.3 is 25.8 Å². The van der Waals surface area contributed by atoms with Crippen molar-refractivity contribution in [3.8, 4) is 6.07 Å². The predicted octanol–water partition coefficient (Wildman–Crippen LogP) is 9.60. The Labute approximate surface area is 309 Å². The van der Waals surface area contributed by atoms with E-state index in [1.807, 2.05) is 20.8 Å². The third kappa shape index (κ3) is 11.1. The second kappa shape index (κ2) is 16.3. The Balaban J connectivity index is 0.000000688. The fourth-order valence-electron chi connectivity index (χ4n) is 6.58. The number of benzene rings is 3. The largest absolute Gasteiger partial charge is 0.465 e. The number of carbonyl (C=O) groups excluding carboxylic acids is 1. The summed E-state index contributed by atoms with van der Waals surface area (Å²) in [7, 11) is 0. The molecule has 0 saturated carbocycles. The first-order valence-electron chi connectivity index (χ1n) is 16.6. The third-order valence-electron chi connectivity index (χ3n) is 8.01. The van der Waals surface area contributed by atoms with E-state index >= 15 is 8.78 Å². The van der Waals surface area contributed by atoms with Crippen molar-refractivity contribution in [2.24, 2.45) is 5.41 Å². The minimum Gasteiger partial charge on any atom is -0.465 e. The molecule has 1 saturated heterocycles. The van der Waals surface area contributed by atoms with Crippen LogP contribution in [0.1, 0.15) is 91.3 Å². The van der Waals surface area contributed by atoms with Gasteiger partial charge in [-0.15, -0.1) is 0 Å². The molecule has 4 N–H and O–H groups in total. The molecule has 1 aliphatic rings. The van der Waals surface area contributed by atoms with Crippen molar-refractivity contribution in [3.05, 3.63) is 99.0 Å². The molecule has 3 aromatic carbocycles. The Morgan fingerprint density at radius 1 is 0.961 bits per heavy atom. The monoisotopic (exact) mass is 744 g/mol. The first kappa shape index (κ1) is 41.7. The van der Waals surface area contributed by atoms with Crippen LogP contribution in [0.5, 0.6) is 0 Å². The summed E-state index contributed by atoms with van der Waals surface area (Å²) in [6, 6.07) is 15.2. The molecule has 3 aromatic rings. The van der Waals surface area contributed by atoms with Gasteiger partial charge in [-0.3, -0.25) is 4.79 Å². The zero-order valence-electron chi connectivity index (χ0n) is 30.6. The molecule has 1 fully saturated rings. The maximum Gasteiger partial charge on any atom is 0.404 e. The number of nitrogens with zero attached hydrogens (tertiary/aromatic N) is 1. The summed E-state index contributed by atoms with van der Waals surface area (Å²) in [5.74, 6) is -3.31. The maximum absolute atomic E-state index is 15.8. The molecule has 8 nitrogen and oxygen atoms in total. The van der Waals surface area contributed by atoms with Crippen LogP contribution >= 0.6 is 23.2 Å². The number of hydrogen-bond donors (Lipinski definition) is 4. The van der Waals surface area contributed by atoms with Gasteiger partial charge >= 0.3 is 6.09 Å². The van der Waals surface area contributed by atoms with Crippen molar-refractivity contribution in [2.45, 2.75) is 110 Å². The van der Waals surface area contributed by atoms with E-state index in [9.17, 15) is 14.9 Å². The Hall–Kier alpha value is -3.75. The third-order valence-corrected chi connectivity index (χ3v) is 8.54. The molecule has 4 atom stereocenters. The van der Waals surface area contributed by atoms with E-state index in [0.717, 1.165) is 6.07 Å². The number of amides is 2. The van der Waals surface area contributed by atoms with Crippen molar-refractivity contribution in [2.75, 3.05) is 5.32 Å². The predicted molar refractivity (Wildman–Crippen MR) is 198 cm³/mol. The standard InChI is InChI=1S/C31H30Cl2F2N4O3.C8H18O/c1-30(2,3)14-24-31(16-36,21-12-9-18(32)13-23(21)34)25(20-5-4-6-22(33)26(20)35)27(39-24)28(40)38-19-10-7-17(8-11-19)15-37-29(41)42;1-7(2,3)9-8(4,5)6/h4-13,24-25,27,37,39H,14-15H2,1-3H3,(H,38,40)(H,41,42);1-6H3/t24-,25-,27+,31-;/m0./s1. The molecule has 51 heavy (non-hydrogen) atoms. The lowest BCUT2D eigenvalue weighted by atomic mass is 9.62. The van der Waals surface area contributed by atoms with Crippen LogP contribution in [-0.2, 0) is 21.5 Å². The van der Waals surface area contributed by atoms with Gasteiger partial charge in [0.15, 0.2) is 0 Å². The van der Waals surface area contributed by atoms with Gasteiger partial charge in [-0.1, -0.05) is 74.3 Å². The van der Waals surface area contributed by atoms with Crippen molar-refractivity contribution in [3.63, 3.8) is 0 Å². The Morgan fingerprint density at radius 3 is 2.06 bits per heavy atom. The highest BCUT2D eigenvalue weighted by atomic mass is 35.5. The van der Waals surface area contributed by atoms with Crippen LogP contribution in [0.4, 0.5) is 19.3 Å². The van der Waals surface area contributed by atoms with E-state index in [-0.39, 0.29) is 44.3 Å². The topological polar surface area (TPSA) is 123 Å². The summed E-state index contributed by atoms with van der Waals surface area (Å²) in [6.07, 6.45) is -0.821. The summed E-state index contributed by atoms with van der Waals surface area (Å²) >= 11 is 12.2. The van der Waals surface area contributed by atoms with E-state index in [0.29, 0.717) is 17.7 Å². The number of hydrogen-bond acceptors (Lipinski definition) is 5. The van der Waals surface area contributed by atoms with Crippen molar-refractivity contribution >= 4 is 40.9 Å². The van der Waals surface area contributed by atoms with Crippen LogP contribution in [0.3, 0.4) is 0 Å². The lowest BCUT2D eigenvalue weighted by Crippen LogP contribution is -2.45. The molecule has 2 amide bonds. The molecule has 4 rings (SSSR count). The first-order chi connectivity index (χ1) is 23.5. The molecule has 12 heteroatoms. The molecule has 0 aliphatic carbocycles. The fraction of sp³-hybridized carbons (Fsp3) is 0.462. The van der Waals surface area contributed by atoms with E-state index in [1.165, 1.54) is 30.3 Å². The number of anilines is 1. The molecular weight excluding hydrogens is 697 g/mol. The number of nitrogens with one attached hydrogen (secondary N) is 3. The lowest BCUT2D eigenvalue weighted by molar-refractivity contribution is -0.118. The van der Waals surface area contributed by atoms with E-state index in [4.69, 9.17) is 33.0 Å². The van der Waals surface area contributed by atoms with Crippen molar-refractivity contribution in [1.82, 2.24) is 10.6 Å². The van der Waals surface area contributed by atoms with Crippen molar-refractivity contribution < 1.29 is 28.2 Å². The van der Waals surface area contributed by atoms with Gasteiger partial charge in [0, 0.05) is 34.8 Å². The number of ether oxygens (including phenoxy) is 1. The zero-order valence-corrected chi connectivity index (χ0v) is 32.1. The molecule has 0 spiro atoms. The molecule has 1 aliphatic heterocycles. The molecule has 276 valence electrons. The summed E-state index contributed by atoms with van der Waals surface area (Å²) < 4.78 is 37.1. The summed E-state index contributed by atoms with van der Waals surface area (Å²) in [6.45, 7) is 18.4. The van der Waals surface area contributed by atoms with Gasteiger partial charge in [0.25, 0.3) is 0 Å². The van der Waals surface area contributed by atoms with Crippen molar-refractivity contribution in [1.29, 1.82) is 5.26 Å². The Morgan fingerprint density at radius 2 is 1.57 bits per heavy atom. The highest BCUT2D eigenvalue weighted by molar-refractivity contribution is 6.31. The van der Waals surface area contributed by atoms with Gasteiger partial charge in [0.05, 0.1) is 28.3 Å². The maximum atomic E-state index is 15.8. The molecule has 0 radical (unpaired) electrons. The SMILES string of the molecule is CC(C)(C)C[C@@H]1N[C@@H](C(=O)Nc2ccc(CNC(=O)O)cc2)[C@H](c2cccc(Cl)c2F)[C@@]1(C#N)c1ccc(Cl)cc1F.CC(C)(C)OC(C)(C)C. The number of nitriles is 1. The first-order valence-corrected chi connectivity index (χ1v) is 17.4. The molecule has 0 bridgehead atoms. The molecule has 0 aromatic heterocycles. The molecule has 1 heterocycles. The van der Waals surface area contributed by atoms with Crippen LogP contribution < -0.4 is 16.0 Å². The minimum absolute atomic E-state index is 0.00227. The van der Waals surface area contributed by atoms with Gasteiger partial charge in [-0.25, -0.2) is 13.6 Å². The smallest absolute Gasteiger partial charge is 0.404 e. The van der Waals surface area contributed by atoms with E-state index in [1.54, 1.807) is 24.3 Å². The minimum atomic E-state index is -1.73. The van der Waals surface area contributed by atoms with E-state index < -0.39 is 47.1 Å². The zero-order chi connectivity index (χ0) is 38.5. The normalized spacial score (nSPS) is 20.5. The number of carboxylic acid groups (broad SMARTS) is 1. The Bertz CT molecular complexity index is 1730. The Kier molecular flexibility index (Phi) is 13.3. The molecular formula is C39H48Cl2F2N4O4. The second-order valence-electron chi connectivity index (χ2n) is 15.9. The fourth-order valence-corrected chi connectivity index (χ4v) is 6.92. The average molecular weight is 746 g/mol. The number of halogens is 4. The summed E-state index contributed by atoms with van der Waals surface area (Å²) in [5, 5.41) is 28.0. The highest BCUT2D eigenvalue weighted by Gasteiger charge is 2.61. The molecule has 0 unspecified atom stereocenters. The van der Waals surface area contributed by atoms with Gasteiger partial charge in [0.1, 0.15) is 17.0 Å². The number of carbonyl (C=O) groups is 2. The van der Waals surface area contributed by atoms with Gasteiger partial charge in [-0.05, 0) is 94.8 Å². The summed E-state index contributed by atoms with van der Waals surface area (Å²) in [4.78, 5) is 24.7. The lowest BCUT2D eigenvalue weighted by Gasteiger charge is -2.37. The quantitative estimate of drug-likeness (QED) is 0.191. The summed E-state index contributed by atoms with van der Waals surface area (Å²) in [5.41, 5.74) is -1.08. The number of rotatable bonds is 7. The van der Waals surface area contributed by atoms with Crippen LogP contribution in [0.2, 0.25) is 10.0 Å². The second-order valence-corrected chi connectivity index (χ2v) is 16.7. The highest BCUT2D eigenvalue weighted by Crippen LogP contribution is 2.53. The van der Waals surface area contributed by atoms with E-state index in [2.05, 4.69) is 63.6 Å². The van der Waals surface area contributed by atoms with Crippen LogP contribution in [0, 0.1) is 28.4 Å². The van der Waals surface area contributed by atoms with Gasteiger partial charge in [-0.2, -0.15) is 5.26 Å². The van der Waals surface area contributed by atoms with Crippen LogP contribution in [-0.4, -0.2) is 40.4 Å². The van der Waals surface area contributed by atoms with Gasteiger partial charge in [0.2, 0.25) is 5.91 Å². The van der Waals surface area contributed by atoms with Crippen LogP contribution in [0.15, 0.2) is 60.7 Å². The van der Waals surface area contributed by atoms with Crippen LogP contribution in [0.25, 0.3) is 0 Å². The average Bonchev–Trinajstić information content (AvgIpc) is 3.29.